The van der Waals surface area contributed by atoms with Crippen LogP contribution in [0.15, 0.2) is 36.4 Å². The highest BCUT2D eigenvalue weighted by Gasteiger charge is 2.17. The molecule has 2 aromatic heterocycles. The zero-order valence-corrected chi connectivity index (χ0v) is 13.7. The van der Waals surface area contributed by atoms with Crippen molar-refractivity contribution >= 4 is 21.8 Å². The predicted octanol–water partition coefficient (Wildman–Crippen LogP) is 4.11. The summed E-state index contributed by atoms with van der Waals surface area (Å²) >= 11 is 0. The van der Waals surface area contributed by atoms with E-state index >= 15 is 0 Å². The maximum atomic E-state index is 9.55. The number of nitrogens with zero attached hydrogens (tertiary/aromatic N) is 2. The van der Waals surface area contributed by atoms with Crippen LogP contribution in [0.1, 0.15) is 11.3 Å². The molecule has 4 rings (SSSR count). The van der Waals surface area contributed by atoms with E-state index in [0.717, 1.165) is 44.4 Å². The molecule has 5 heteroatoms. The van der Waals surface area contributed by atoms with Crippen molar-refractivity contribution in [3.8, 4) is 22.8 Å². The Balaban J connectivity index is 2.18. The van der Waals surface area contributed by atoms with Crippen LogP contribution in [0.25, 0.3) is 33.1 Å². The van der Waals surface area contributed by atoms with E-state index < -0.39 is 0 Å². The predicted molar refractivity (Wildman–Crippen MR) is 94.5 cm³/mol. The number of H-pyrrole nitrogens is 1. The Morgan fingerprint density at radius 3 is 2.46 bits per heavy atom. The lowest BCUT2D eigenvalue weighted by molar-refractivity contribution is 0.412. The zero-order valence-electron chi connectivity index (χ0n) is 13.7. The molecule has 0 spiro atoms. The Bertz CT molecular complexity index is 1070. The summed E-state index contributed by atoms with van der Waals surface area (Å²) in [4.78, 5) is 4.76. The van der Waals surface area contributed by atoms with Gasteiger partial charge in [-0.25, -0.2) is 4.98 Å². The number of aromatic nitrogens is 3. The van der Waals surface area contributed by atoms with E-state index in [1.807, 2.05) is 38.1 Å². The van der Waals surface area contributed by atoms with Gasteiger partial charge in [-0.1, -0.05) is 0 Å². The lowest BCUT2D eigenvalue weighted by Gasteiger charge is -2.13. The molecule has 4 aromatic rings. The normalized spacial score (nSPS) is 11.3. The van der Waals surface area contributed by atoms with Gasteiger partial charge in [-0.15, -0.1) is 0 Å². The fourth-order valence-electron chi connectivity index (χ4n) is 3.24. The van der Waals surface area contributed by atoms with Crippen molar-refractivity contribution in [2.45, 2.75) is 13.8 Å². The Hall–Kier alpha value is -3.08. The van der Waals surface area contributed by atoms with Gasteiger partial charge >= 0.3 is 0 Å². The molecule has 120 valence electrons. The number of phenols is 1. The van der Waals surface area contributed by atoms with Gasteiger partial charge in [-0.05, 0) is 55.8 Å². The Morgan fingerprint density at radius 2 is 1.75 bits per heavy atom. The van der Waals surface area contributed by atoms with Crippen LogP contribution in [0.5, 0.6) is 11.5 Å². The molecule has 0 unspecified atom stereocenters. The largest absolute Gasteiger partial charge is 0.508 e. The van der Waals surface area contributed by atoms with Crippen molar-refractivity contribution in [2.75, 3.05) is 7.11 Å². The minimum absolute atomic E-state index is 0.234. The van der Waals surface area contributed by atoms with Gasteiger partial charge in [-0.2, -0.15) is 5.10 Å². The maximum absolute atomic E-state index is 9.55. The van der Waals surface area contributed by atoms with Crippen LogP contribution in [0.4, 0.5) is 0 Å². The van der Waals surface area contributed by atoms with E-state index in [9.17, 15) is 5.11 Å². The number of aromatic amines is 1. The van der Waals surface area contributed by atoms with Gasteiger partial charge < -0.3 is 9.84 Å². The van der Waals surface area contributed by atoms with Gasteiger partial charge in [0, 0.05) is 27.4 Å². The molecule has 0 saturated heterocycles. The van der Waals surface area contributed by atoms with E-state index in [0.29, 0.717) is 5.65 Å². The van der Waals surface area contributed by atoms with Gasteiger partial charge in [0.2, 0.25) is 0 Å². The third-order valence-electron chi connectivity index (χ3n) is 4.43. The highest BCUT2D eigenvalue weighted by molar-refractivity contribution is 6.13. The van der Waals surface area contributed by atoms with Crippen molar-refractivity contribution < 1.29 is 9.84 Å². The Morgan fingerprint density at radius 1 is 1.00 bits per heavy atom. The van der Waals surface area contributed by atoms with Crippen molar-refractivity contribution in [2.24, 2.45) is 0 Å². The number of phenolic OH excluding ortho intramolecular Hbond substituents is 1. The van der Waals surface area contributed by atoms with Crippen LogP contribution in [0.3, 0.4) is 0 Å². The first-order valence-electron chi connectivity index (χ1n) is 7.71. The second-order valence-electron chi connectivity index (χ2n) is 5.87. The number of aromatic hydroxyl groups is 1. The molecule has 0 amide bonds. The average Bonchev–Trinajstić information content (AvgIpc) is 2.96. The molecule has 0 atom stereocenters. The third kappa shape index (κ3) is 2.01. The molecular weight excluding hydrogens is 302 g/mol. The van der Waals surface area contributed by atoms with Gasteiger partial charge in [0.25, 0.3) is 0 Å². The van der Waals surface area contributed by atoms with E-state index in [1.165, 1.54) is 0 Å². The minimum atomic E-state index is 0.234. The van der Waals surface area contributed by atoms with Crippen molar-refractivity contribution in [3.05, 3.63) is 47.7 Å². The summed E-state index contributed by atoms with van der Waals surface area (Å²) in [6.07, 6.45) is 0. The molecule has 0 radical (unpaired) electrons. The van der Waals surface area contributed by atoms with Crippen LogP contribution in [0.2, 0.25) is 0 Å². The van der Waals surface area contributed by atoms with E-state index in [-0.39, 0.29) is 5.75 Å². The molecule has 0 aliphatic heterocycles. The highest BCUT2D eigenvalue weighted by atomic mass is 16.5. The number of ether oxygens (including phenoxy) is 1. The number of pyridine rings is 1. The summed E-state index contributed by atoms with van der Waals surface area (Å²) in [5.74, 6) is 1.07. The maximum Gasteiger partial charge on any atom is 0.182 e. The number of rotatable bonds is 2. The molecule has 5 nitrogen and oxygen atoms in total. The standard InChI is InChI=1S/C19H17N3O2/c1-10-15(24-3)9-8-14-16(10)17-11(2)21-22-19(17)20-18(14)12-4-6-13(23)7-5-12/h4-9,23H,1-3H3,(H,20,21,22). The first kappa shape index (κ1) is 14.5. The molecule has 24 heavy (non-hydrogen) atoms. The summed E-state index contributed by atoms with van der Waals surface area (Å²) in [6.45, 7) is 4.04. The van der Waals surface area contributed by atoms with E-state index in [4.69, 9.17) is 9.72 Å². The van der Waals surface area contributed by atoms with Gasteiger partial charge in [0.1, 0.15) is 11.5 Å². The first-order chi connectivity index (χ1) is 11.6. The second-order valence-corrected chi connectivity index (χ2v) is 5.87. The van der Waals surface area contributed by atoms with Crippen LogP contribution in [-0.4, -0.2) is 27.4 Å². The fourth-order valence-corrected chi connectivity index (χ4v) is 3.24. The highest BCUT2D eigenvalue weighted by Crippen LogP contribution is 2.38. The first-order valence-corrected chi connectivity index (χ1v) is 7.71. The third-order valence-corrected chi connectivity index (χ3v) is 4.43. The van der Waals surface area contributed by atoms with Gasteiger partial charge in [0.05, 0.1) is 12.8 Å². The van der Waals surface area contributed by atoms with E-state index in [2.05, 4.69) is 10.2 Å². The Kier molecular flexibility index (Phi) is 3.16. The zero-order chi connectivity index (χ0) is 16.8. The summed E-state index contributed by atoms with van der Waals surface area (Å²) in [6, 6.07) is 11.1. The molecule has 2 N–H and O–H groups in total. The number of fused-ring (bicyclic) bond motifs is 3. The molecule has 2 heterocycles. The number of nitrogens with one attached hydrogen (secondary N) is 1. The number of aryl methyl sites for hydroxylation is 2. The smallest absolute Gasteiger partial charge is 0.182 e. The number of hydrogen-bond acceptors (Lipinski definition) is 4. The molecular formula is C19H17N3O2. The quantitative estimate of drug-likeness (QED) is 0.583. The lowest BCUT2D eigenvalue weighted by Crippen LogP contribution is -1.94. The molecule has 0 bridgehead atoms. The number of hydrogen-bond donors (Lipinski definition) is 2. The van der Waals surface area contributed by atoms with Crippen molar-refractivity contribution in [3.63, 3.8) is 0 Å². The molecule has 0 fully saturated rings. The minimum Gasteiger partial charge on any atom is -0.508 e. The van der Waals surface area contributed by atoms with Crippen molar-refractivity contribution in [1.82, 2.24) is 15.2 Å². The molecule has 2 aromatic carbocycles. The summed E-state index contributed by atoms with van der Waals surface area (Å²) in [5, 5.41) is 20.1. The van der Waals surface area contributed by atoms with Crippen LogP contribution >= 0.6 is 0 Å². The fraction of sp³-hybridized carbons (Fsp3) is 0.158. The molecule has 0 saturated carbocycles. The number of methoxy groups -OCH3 is 1. The van der Waals surface area contributed by atoms with Crippen molar-refractivity contribution in [1.29, 1.82) is 0 Å². The number of benzene rings is 2. The monoisotopic (exact) mass is 319 g/mol. The van der Waals surface area contributed by atoms with Crippen LogP contribution in [-0.2, 0) is 0 Å². The molecule has 0 aliphatic carbocycles. The van der Waals surface area contributed by atoms with Gasteiger partial charge in [0.15, 0.2) is 5.65 Å². The summed E-state index contributed by atoms with van der Waals surface area (Å²) in [5.41, 5.74) is 4.50. The Labute approximate surface area is 138 Å². The molecule has 0 aliphatic rings. The average molecular weight is 319 g/mol. The van der Waals surface area contributed by atoms with Crippen LogP contribution in [0, 0.1) is 13.8 Å². The second kappa shape index (κ2) is 5.23. The van der Waals surface area contributed by atoms with E-state index in [1.54, 1.807) is 19.2 Å². The van der Waals surface area contributed by atoms with Crippen LogP contribution < -0.4 is 4.74 Å². The SMILES string of the molecule is COc1ccc2c(-c3ccc(O)cc3)nc3n[nH]c(C)c3c2c1C. The summed E-state index contributed by atoms with van der Waals surface area (Å²) in [7, 11) is 1.68. The lowest BCUT2D eigenvalue weighted by atomic mass is 9.97. The summed E-state index contributed by atoms with van der Waals surface area (Å²) < 4.78 is 5.50. The van der Waals surface area contributed by atoms with Gasteiger partial charge in [-0.3, -0.25) is 5.10 Å². The topological polar surface area (TPSA) is 71.0 Å².